The van der Waals surface area contributed by atoms with Crippen molar-refractivity contribution in [3.8, 4) is 0 Å². The predicted octanol–water partition coefficient (Wildman–Crippen LogP) is 15.4. The number of likely N-dealkylation sites (N-methyl/N-ethyl adjacent to an activating group) is 1. The summed E-state index contributed by atoms with van der Waals surface area (Å²) in [5, 5.41) is 7.56. The molecule has 2 aliphatic heterocycles. The lowest BCUT2D eigenvalue weighted by atomic mass is 9.96. The Hall–Kier alpha value is -6.69. The summed E-state index contributed by atoms with van der Waals surface area (Å²) in [6.07, 6.45) is 33.2. The van der Waals surface area contributed by atoms with Crippen molar-refractivity contribution in [2.24, 2.45) is 4.99 Å². The summed E-state index contributed by atoms with van der Waals surface area (Å²) < 4.78 is 0. The van der Waals surface area contributed by atoms with E-state index in [1.54, 1.807) is 0 Å². The molecular formula is C61H71N5. The molecule has 3 atom stereocenters. The molecule has 0 saturated heterocycles. The van der Waals surface area contributed by atoms with Gasteiger partial charge in [-0.1, -0.05) is 194 Å². The molecule has 3 aliphatic rings. The number of amidine groups is 1. The van der Waals surface area contributed by atoms with Gasteiger partial charge in [0.15, 0.2) is 0 Å². The number of aliphatic imine (C=N–C) groups is 1. The van der Waals surface area contributed by atoms with Crippen LogP contribution in [0.5, 0.6) is 0 Å². The highest BCUT2D eigenvalue weighted by Crippen LogP contribution is 2.40. The largest absolute Gasteiger partial charge is 0.350 e. The summed E-state index contributed by atoms with van der Waals surface area (Å²) in [6.45, 7) is 19.4. The van der Waals surface area contributed by atoms with Crippen molar-refractivity contribution in [1.82, 2.24) is 10.6 Å². The van der Waals surface area contributed by atoms with E-state index in [1.165, 1.54) is 51.3 Å². The molecule has 2 N–H and O–H groups in total. The van der Waals surface area contributed by atoms with Gasteiger partial charge in [-0.2, -0.15) is 0 Å². The summed E-state index contributed by atoms with van der Waals surface area (Å²) in [7, 11) is 2.08. The van der Waals surface area contributed by atoms with E-state index in [1.807, 2.05) is 18.2 Å². The van der Waals surface area contributed by atoms with Crippen LogP contribution in [0.3, 0.4) is 0 Å². The van der Waals surface area contributed by atoms with E-state index in [0.29, 0.717) is 0 Å². The fourth-order valence-corrected chi connectivity index (χ4v) is 8.32. The lowest BCUT2D eigenvalue weighted by molar-refractivity contribution is 0.427. The van der Waals surface area contributed by atoms with Crippen molar-refractivity contribution in [2.45, 2.75) is 97.8 Å². The van der Waals surface area contributed by atoms with E-state index < -0.39 is 0 Å². The van der Waals surface area contributed by atoms with Crippen molar-refractivity contribution >= 4 is 22.8 Å². The van der Waals surface area contributed by atoms with Crippen molar-refractivity contribution < 1.29 is 0 Å². The van der Waals surface area contributed by atoms with E-state index in [4.69, 9.17) is 4.99 Å². The summed E-state index contributed by atoms with van der Waals surface area (Å²) in [5.41, 5.74) is 14.1. The van der Waals surface area contributed by atoms with E-state index >= 15 is 0 Å². The molecule has 0 aromatic heterocycles. The fourth-order valence-electron chi connectivity index (χ4n) is 8.32. The van der Waals surface area contributed by atoms with Crippen molar-refractivity contribution in [1.29, 1.82) is 0 Å². The number of benzene rings is 4. The van der Waals surface area contributed by atoms with Crippen LogP contribution in [0, 0.1) is 0 Å². The van der Waals surface area contributed by atoms with Crippen LogP contribution >= 0.6 is 0 Å². The molecule has 5 heteroatoms. The first-order chi connectivity index (χ1) is 32.3. The van der Waals surface area contributed by atoms with Crippen LogP contribution in [0.25, 0.3) is 5.57 Å². The molecule has 5 nitrogen and oxygen atoms in total. The number of fused-ring (bicyclic) bond motifs is 1. The Morgan fingerprint density at radius 1 is 0.879 bits per heavy atom. The maximum absolute atomic E-state index is 5.33. The second-order valence-electron chi connectivity index (χ2n) is 17.0. The number of allylic oxidation sites excluding steroid dienone is 14. The number of hydrogen-bond acceptors (Lipinski definition) is 5. The maximum Gasteiger partial charge on any atom is 0.131 e. The highest BCUT2D eigenvalue weighted by molar-refractivity contribution is 6.01. The van der Waals surface area contributed by atoms with Gasteiger partial charge in [-0.15, -0.1) is 0 Å². The van der Waals surface area contributed by atoms with Gasteiger partial charge in [0.1, 0.15) is 18.2 Å². The Kier molecular flexibility index (Phi) is 18.6. The molecule has 3 unspecified atom stereocenters. The quantitative estimate of drug-likeness (QED) is 0.110. The predicted molar refractivity (Wildman–Crippen MR) is 286 cm³/mol. The maximum atomic E-state index is 5.33. The molecule has 2 heterocycles. The molecule has 7 rings (SSSR count). The molecule has 0 spiro atoms. The minimum Gasteiger partial charge on any atom is -0.350 e. The van der Waals surface area contributed by atoms with Gasteiger partial charge in [-0.3, -0.25) is 5.32 Å². The number of nitrogens with one attached hydrogen (secondary N) is 2. The summed E-state index contributed by atoms with van der Waals surface area (Å²) in [4.78, 5) is 9.92. The average Bonchev–Trinajstić information content (AvgIpc) is 3.49. The Labute approximate surface area is 397 Å². The third kappa shape index (κ3) is 13.0. The number of anilines is 2. The summed E-state index contributed by atoms with van der Waals surface area (Å²) in [5.74, 6) is 1.19. The standard InChI is InChI=1S/C58H63N5.C3H8/c1-7-10-16-33-54-42-51-41-50(49(35-34-43(4)46-25-19-13-20-26-46)40-44(5)62(6)53-31-23-15-24-32-53)37-39-55(51)63(54)52(9-3)38-36-45(8-2)56-59-57(47-27-17-11-12-18-28-47)61-58(60-56)48-29-21-14-22-30-48;1-3-2/h7,10,13-17,19-41,43,56,58,60H,1,5,8-9,11-12,18,42H2,2-4,6H3,(H,59,61);3H2,1-2H3/b16-10-,35-34-,45-36+,49-40+,52-38+,54-33+;. The first-order valence-electron chi connectivity index (χ1n) is 24.0. The third-order valence-corrected chi connectivity index (χ3v) is 12.0. The molecule has 4 aromatic rings. The van der Waals surface area contributed by atoms with Crippen LogP contribution in [-0.4, -0.2) is 19.0 Å². The molecule has 0 bridgehead atoms. The lowest BCUT2D eigenvalue weighted by Crippen LogP contribution is -2.49. The van der Waals surface area contributed by atoms with E-state index in [2.05, 4.69) is 239 Å². The third-order valence-electron chi connectivity index (χ3n) is 12.0. The minimum atomic E-state index is -0.180. The topological polar surface area (TPSA) is 42.9 Å². The minimum absolute atomic E-state index is 0.0668. The van der Waals surface area contributed by atoms with Crippen LogP contribution in [0.4, 0.5) is 11.4 Å². The number of hydrogen-bond donors (Lipinski definition) is 2. The normalized spacial score (nSPS) is 18.8. The van der Waals surface area contributed by atoms with Crippen LogP contribution in [-0.2, 0) is 6.42 Å². The molecule has 1 aliphatic carbocycles. The van der Waals surface area contributed by atoms with Crippen LogP contribution in [0.2, 0.25) is 0 Å². The molecule has 340 valence electrons. The smallest absolute Gasteiger partial charge is 0.131 e. The highest BCUT2D eigenvalue weighted by Gasteiger charge is 2.28. The zero-order valence-electron chi connectivity index (χ0n) is 40.3. The number of rotatable bonds is 16. The molecular weight excluding hydrogens is 803 g/mol. The summed E-state index contributed by atoms with van der Waals surface area (Å²) >= 11 is 0. The monoisotopic (exact) mass is 874 g/mol. The lowest BCUT2D eigenvalue weighted by Gasteiger charge is -2.33. The second-order valence-corrected chi connectivity index (χ2v) is 17.0. The average molecular weight is 874 g/mol. The molecule has 66 heavy (non-hydrogen) atoms. The van der Waals surface area contributed by atoms with Gasteiger partial charge in [0, 0.05) is 47.5 Å². The Bertz CT molecular complexity index is 2510. The first-order valence-corrected chi connectivity index (χ1v) is 24.0. The van der Waals surface area contributed by atoms with Gasteiger partial charge in [-0.05, 0) is 114 Å². The van der Waals surface area contributed by atoms with Crippen molar-refractivity contribution in [2.75, 3.05) is 16.8 Å². The molecule has 0 saturated carbocycles. The second kappa shape index (κ2) is 25.1. The van der Waals surface area contributed by atoms with Gasteiger partial charge in [0.05, 0.1) is 0 Å². The van der Waals surface area contributed by atoms with E-state index in [9.17, 15) is 0 Å². The molecule has 0 radical (unpaired) electrons. The number of para-hydroxylation sites is 1. The summed E-state index contributed by atoms with van der Waals surface area (Å²) in [6, 6.07) is 38.6. The zero-order chi connectivity index (χ0) is 46.7. The molecule has 4 aromatic carbocycles. The van der Waals surface area contributed by atoms with E-state index in [-0.39, 0.29) is 18.2 Å². The Morgan fingerprint density at radius 2 is 1.59 bits per heavy atom. The fraction of sp³-hybridized carbons (Fsp3) is 0.262. The molecule has 0 amide bonds. The van der Waals surface area contributed by atoms with Gasteiger partial charge in [-0.25, -0.2) is 4.99 Å². The molecule has 0 fully saturated rings. The van der Waals surface area contributed by atoms with Crippen molar-refractivity contribution in [3.63, 3.8) is 0 Å². The SMILES string of the molecule is C=C/C=C\C=C1/Cc2cc(C(/C=C\C(C)c3ccccc3)=C/C(=C)N(C)c3ccccc3)ccc2N1/C(=C/C=C(\CC)C1N=C(C2=CCCCC=C2)NC(c2ccccc2)N1)CC.CCC. The van der Waals surface area contributed by atoms with Crippen LogP contribution in [0.15, 0.2) is 228 Å². The highest BCUT2D eigenvalue weighted by atomic mass is 15.3. The van der Waals surface area contributed by atoms with Gasteiger partial charge >= 0.3 is 0 Å². The number of nitrogens with zero attached hydrogens (tertiary/aromatic N) is 3. The Morgan fingerprint density at radius 3 is 2.29 bits per heavy atom. The Balaban J connectivity index is 0.00000234. The van der Waals surface area contributed by atoms with Crippen LogP contribution in [0.1, 0.15) is 107 Å². The van der Waals surface area contributed by atoms with E-state index in [0.717, 1.165) is 66.9 Å². The van der Waals surface area contributed by atoms with Crippen LogP contribution < -0.4 is 20.4 Å². The van der Waals surface area contributed by atoms with Gasteiger partial charge in [0.2, 0.25) is 0 Å². The van der Waals surface area contributed by atoms with Gasteiger partial charge in [0.25, 0.3) is 0 Å². The zero-order valence-corrected chi connectivity index (χ0v) is 40.3. The van der Waals surface area contributed by atoms with Gasteiger partial charge < -0.3 is 15.1 Å². The van der Waals surface area contributed by atoms with Crippen molar-refractivity contribution in [3.05, 3.63) is 246 Å². The first kappa shape index (κ1) is 48.8.